The van der Waals surface area contributed by atoms with E-state index in [2.05, 4.69) is 15.7 Å². The van der Waals surface area contributed by atoms with Gasteiger partial charge in [0.1, 0.15) is 23.3 Å². The molecule has 1 heterocycles. The summed E-state index contributed by atoms with van der Waals surface area (Å²) in [7, 11) is 1.56. The molecule has 8 nitrogen and oxygen atoms in total. The third kappa shape index (κ3) is 4.87. The molecule has 0 aromatic heterocycles. The number of aryl methyl sites for hydroxylation is 1. The molecule has 2 aromatic carbocycles. The molecule has 8 heteroatoms. The number of rotatable bonds is 7. The van der Waals surface area contributed by atoms with Crippen LogP contribution in [0.25, 0.3) is 5.70 Å². The molecule has 0 fully saturated rings. The number of anilines is 1. The number of ether oxygens (including phenoxy) is 1. The normalized spacial score (nSPS) is 16.7. The molecule has 1 amide bonds. The number of hydrazine groups is 1. The van der Waals surface area contributed by atoms with Crippen LogP contribution in [0.5, 0.6) is 5.75 Å². The van der Waals surface area contributed by atoms with Crippen molar-refractivity contribution in [3.63, 3.8) is 0 Å². The van der Waals surface area contributed by atoms with Crippen LogP contribution in [0.3, 0.4) is 0 Å². The molecule has 29 heavy (non-hydrogen) atoms. The van der Waals surface area contributed by atoms with Crippen LogP contribution in [0.1, 0.15) is 17.5 Å². The van der Waals surface area contributed by atoms with Crippen LogP contribution in [0.2, 0.25) is 0 Å². The fourth-order valence-electron chi connectivity index (χ4n) is 3.22. The van der Waals surface area contributed by atoms with Crippen molar-refractivity contribution >= 4 is 35.4 Å². The van der Waals surface area contributed by atoms with Crippen molar-refractivity contribution in [3.8, 4) is 5.75 Å². The smallest absolute Gasteiger partial charge is 0.283 e. The SMILES string of the molecule is COc1cc(/C(=C/[NH2+]C2CCc3ccccc3NC2=O)NN)ccc1N=CC=N. The average Bonchev–Trinajstić information content (AvgIpc) is 2.91. The fourth-order valence-corrected chi connectivity index (χ4v) is 3.22. The standard InChI is InChI=1S/C21H24N6O2/c1-29-20-12-15(7-8-17(20)24-11-10-22)19(27-23)13-25-18-9-6-14-4-2-3-5-16(14)26-21(18)28/h2-5,7-8,10-13,18,22,25,27H,6,9,23H2,1H3,(H,26,28)/p+1/b19-13-,22-10?,24-11?. The molecule has 0 aliphatic carbocycles. The number of hydrogen-bond donors (Lipinski definition) is 5. The van der Waals surface area contributed by atoms with Crippen molar-refractivity contribution in [2.75, 3.05) is 12.4 Å². The molecule has 150 valence electrons. The number of nitrogens with two attached hydrogens (primary N) is 2. The monoisotopic (exact) mass is 393 g/mol. The third-order valence-electron chi connectivity index (χ3n) is 4.77. The van der Waals surface area contributed by atoms with Gasteiger partial charge >= 0.3 is 0 Å². The van der Waals surface area contributed by atoms with Gasteiger partial charge in [-0.3, -0.25) is 15.6 Å². The highest BCUT2D eigenvalue weighted by Gasteiger charge is 2.25. The number of quaternary nitrogens is 1. The van der Waals surface area contributed by atoms with E-state index in [0.717, 1.165) is 35.9 Å². The van der Waals surface area contributed by atoms with Gasteiger partial charge in [-0.05, 0) is 30.2 Å². The molecule has 0 bridgehead atoms. The van der Waals surface area contributed by atoms with Gasteiger partial charge < -0.3 is 26.2 Å². The lowest BCUT2D eigenvalue weighted by molar-refractivity contribution is -0.612. The third-order valence-corrected chi connectivity index (χ3v) is 4.77. The molecule has 1 aliphatic rings. The Labute approximate surface area is 169 Å². The van der Waals surface area contributed by atoms with E-state index in [1.54, 1.807) is 19.2 Å². The molecule has 1 unspecified atom stereocenters. The van der Waals surface area contributed by atoms with E-state index in [1.165, 1.54) is 6.21 Å². The number of methoxy groups -OCH3 is 1. The zero-order valence-corrected chi connectivity index (χ0v) is 16.2. The molecule has 0 saturated heterocycles. The minimum absolute atomic E-state index is 0.0310. The van der Waals surface area contributed by atoms with Gasteiger partial charge in [0.15, 0.2) is 6.04 Å². The van der Waals surface area contributed by atoms with Crippen LogP contribution in [-0.4, -0.2) is 31.5 Å². The quantitative estimate of drug-likeness (QED) is 0.276. The molecule has 1 aliphatic heterocycles. The van der Waals surface area contributed by atoms with E-state index in [4.69, 9.17) is 16.0 Å². The van der Waals surface area contributed by atoms with Gasteiger partial charge in [0.05, 0.1) is 7.11 Å². The maximum absolute atomic E-state index is 12.6. The summed E-state index contributed by atoms with van der Waals surface area (Å²) in [6, 6.07) is 13.0. The predicted molar refractivity (Wildman–Crippen MR) is 114 cm³/mol. The second-order valence-electron chi connectivity index (χ2n) is 6.54. The average molecular weight is 393 g/mol. The van der Waals surface area contributed by atoms with Crippen molar-refractivity contribution in [2.24, 2.45) is 10.8 Å². The largest absolute Gasteiger partial charge is 0.494 e. The van der Waals surface area contributed by atoms with Gasteiger partial charge in [-0.25, -0.2) is 0 Å². The Morgan fingerprint density at radius 2 is 2.21 bits per heavy atom. The first kappa shape index (κ1) is 20.2. The first-order chi connectivity index (χ1) is 14.2. The number of carbonyl (C=O) groups excluding carboxylic acids is 1. The number of amides is 1. The summed E-state index contributed by atoms with van der Waals surface area (Å²) in [5, 5.41) is 11.9. The Hall–Kier alpha value is -3.49. The molecule has 7 N–H and O–H groups in total. The zero-order valence-electron chi connectivity index (χ0n) is 16.2. The Morgan fingerprint density at radius 3 is 2.97 bits per heavy atom. The van der Waals surface area contributed by atoms with Gasteiger partial charge in [0.25, 0.3) is 5.91 Å². The van der Waals surface area contributed by atoms with Gasteiger partial charge in [0, 0.05) is 30.1 Å². The number of aliphatic imine (C=N–C) groups is 1. The molecule has 3 rings (SSSR count). The lowest BCUT2D eigenvalue weighted by atomic mass is 10.1. The highest BCUT2D eigenvalue weighted by atomic mass is 16.5. The fraction of sp³-hybridized carbons (Fsp3) is 0.190. The van der Waals surface area contributed by atoms with Crippen LogP contribution in [-0.2, 0) is 11.2 Å². The molecule has 0 radical (unpaired) electrons. The summed E-state index contributed by atoms with van der Waals surface area (Å²) in [6.07, 6.45) is 5.84. The first-order valence-corrected chi connectivity index (χ1v) is 9.28. The van der Waals surface area contributed by atoms with E-state index in [1.807, 2.05) is 41.8 Å². The summed E-state index contributed by atoms with van der Waals surface area (Å²) in [4.78, 5) is 16.7. The maximum atomic E-state index is 12.6. The number of carbonyl (C=O) groups is 1. The summed E-state index contributed by atoms with van der Waals surface area (Å²) in [5.74, 6) is 6.25. The van der Waals surface area contributed by atoms with E-state index in [0.29, 0.717) is 17.1 Å². The lowest BCUT2D eigenvalue weighted by Crippen LogP contribution is -2.87. The van der Waals surface area contributed by atoms with Gasteiger partial charge in [-0.1, -0.05) is 24.3 Å². The maximum Gasteiger partial charge on any atom is 0.283 e. The number of benzene rings is 2. The van der Waals surface area contributed by atoms with Crippen LogP contribution in [0, 0.1) is 5.41 Å². The molecule has 0 saturated carbocycles. The summed E-state index contributed by atoms with van der Waals surface area (Å²) >= 11 is 0. The second-order valence-corrected chi connectivity index (χ2v) is 6.54. The Kier molecular flexibility index (Phi) is 6.72. The topological polar surface area (TPSA) is 129 Å². The second kappa shape index (κ2) is 9.63. The number of fused-ring (bicyclic) bond motifs is 1. The Morgan fingerprint density at radius 1 is 1.38 bits per heavy atom. The van der Waals surface area contributed by atoms with Crippen molar-refractivity contribution in [1.29, 1.82) is 5.41 Å². The van der Waals surface area contributed by atoms with Crippen molar-refractivity contribution in [1.82, 2.24) is 5.43 Å². The van der Waals surface area contributed by atoms with Crippen LogP contribution in [0.4, 0.5) is 11.4 Å². The van der Waals surface area contributed by atoms with E-state index in [9.17, 15) is 4.79 Å². The minimum Gasteiger partial charge on any atom is -0.494 e. The molecular weight excluding hydrogens is 368 g/mol. The van der Waals surface area contributed by atoms with E-state index in [-0.39, 0.29) is 11.9 Å². The van der Waals surface area contributed by atoms with Crippen molar-refractivity contribution in [2.45, 2.75) is 18.9 Å². The van der Waals surface area contributed by atoms with Crippen LogP contribution in [0.15, 0.2) is 53.7 Å². The van der Waals surface area contributed by atoms with E-state index < -0.39 is 0 Å². The summed E-state index contributed by atoms with van der Waals surface area (Å²) in [5.41, 5.74) is 6.77. The number of para-hydroxylation sites is 1. The zero-order chi connectivity index (χ0) is 20.6. The predicted octanol–water partition coefficient (Wildman–Crippen LogP) is 1.33. The van der Waals surface area contributed by atoms with Gasteiger partial charge in [-0.2, -0.15) is 0 Å². The molecule has 0 spiro atoms. The van der Waals surface area contributed by atoms with Crippen molar-refractivity contribution < 1.29 is 14.8 Å². The number of nitrogens with zero attached hydrogens (tertiary/aromatic N) is 1. The van der Waals surface area contributed by atoms with Crippen LogP contribution < -0.4 is 26.6 Å². The molecule has 1 atom stereocenters. The van der Waals surface area contributed by atoms with E-state index >= 15 is 0 Å². The van der Waals surface area contributed by atoms with Crippen molar-refractivity contribution in [3.05, 3.63) is 59.8 Å². The number of nitrogens with one attached hydrogen (secondary N) is 3. The van der Waals surface area contributed by atoms with Gasteiger partial charge in [0.2, 0.25) is 0 Å². The summed E-state index contributed by atoms with van der Waals surface area (Å²) in [6.45, 7) is 0. The Balaban J connectivity index is 1.77. The Bertz CT molecular complexity index is 954. The van der Waals surface area contributed by atoms with Gasteiger partial charge in [-0.15, -0.1) is 0 Å². The highest BCUT2D eigenvalue weighted by molar-refractivity contribution is 6.15. The summed E-state index contributed by atoms with van der Waals surface area (Å²) < 4.78 is 5.38. The first-order valence-electron chi connectivity index (χ1n) is 9.28. The lowest BCUT2D eigenvalue weighted by Gasteiger charge is -2.12. The molecule has 2 aromatic rings. The highest BCUT2D eigenvalue weighted by Crippen LogP contribution is 2.29. The minimum atomic E-state index is -0.260. The molecular formula is C21H25N6O2+. The number of hydrogen-bond acceptors (Lipinski definition) is 6. The van der Waals surface area contributed by atoms with Crippen LogP contribution >= 0.6 is 0 Å².